The number of carbonyl (C=O) groups is 2. The Bertz CT molecular complexity index is 742. The van der Waals surface area contributed by atoms with E-state index in [0.29, 0.717) is 23.6 Å². The minimum absolute atomic E-state index is 0.0882. The first-order valence-electron chi connectivity index (χ1n) is 8.65. The van der Waals surface area contributed by atoms with Crippen LogP contribution >= 0.6 is 0 Å². The monoisotopic (exact) mass is 355 g/mol. The van der Waals surface area contributed by atoms with Crippen molar-refractivity contribution in [3.8, 4) is 5.75 Å². The summed E-state index contributed by atoms with van der Waals surface area (Å²) in [6.45, 7) is 6.43. The van der Waals surface area contributed by atoms with Gasteiger partial charge in [0.15, 0.2) is 0 Å². The quantitative estimate of drug-likeness (QED) is 0.679. The van der Waals surface area contributed by atoms with Crippen molar-refractivity contribution in [2.45, 2.75) is 26.8 Å². The van der Waals surface area contributed by atoms with E-state index in [2.05, 4.69) is 16.0 Å². The maximum absolute atomic E-state index is 12.1. The third kappa shape index (κ3) is 6.12. The molecule has 6 heteroatoms. The van der Waals surface area contributed by atoms with Gasteiger partial charge in [-0.2, -0.15) is 0 Å². The number of nitrogens with one attached hydrogen (secondary N) is 3. The number of benzene rings is 2. The van der Waals surface area contributed by atoms with Gasteiger partial charge in [-0.05, 0) is 57.2 Å². The minimum atomic E-state index is -0.166. The Hall–Kier alpha value is -3.02. The highest BCUT2D eigenvalue weighted by atomic mass is 16.5. The second-order valence-electron chi connectivity index (χ2n) is 6.07. The van der Waals surface area contributed by atoms with Gasteiger partial charge in [-0.15, -0.1) is 0 Å². The second-order valence-corrected chi connectivity index (χ2v) is 6.07. The SMILES string of the molecule is CCOc1cccc(NC(=O)CNc2ccc(C(=O)NC(C)C)cc2)c1. The summed E-state index contributed by atoms with van der Waals surface area (Å²) in [6.07, 6.45) is 0. The Morgan fingerprint density at radius 2 is 1.77 bits per heavy atom. The molecule has 2 aromatic carbocycles. The zero-order chi connectivity index (χ0) is 18.9. The fourth-order valence-corrected chi connectivity index (χ4v) is 2.30. The summed E-state index contributed by atoms with van der Waals surface area (Å²) in [6, 6.07) is 14.4. The number of ether oxygens (including phenoxy) is 1. The van der Waals surface area contributed by atoms with Crippen molar-refractivity contribution >= 4 is 23.2 Å². The van der Waals surface area contributed by atoms with E-state index >= 15 is 0 Å². The van der Waals surface area contributed by atoms with Gasteiger partial charge < -0.3 is 20.7 Å². The van der Waals surface area contributed by atoms with E-state index in [1.807, 2.05) is 39.0 Å². The van der Waals surface area contributed by atoms with Crippen molar-refractivity contribution in [1.29, 1.82) is 0 Å². The van der Waals surface area contributed by atoms with Crippen LogP contribution in [0.15, 0.2) is 48.5 Å². The molecule has 0 bridgehead atoms. The maximum atomic E-state index is 12.1. The summed E-state index contributed by atoms with van der Waals surface area (Å²) < 4.78 is 5.41. The normalized spacial score (nSPS) is 10.3. The predicted octanol–water partition coefficient (Wildman–Crippen LogP) is 3.27. The smallest absolute Gasteiger partial charge is 0.251 e. The van der Waals surface area contributed by atoms with Gasteiger partial charge in [0, 0.05) is 29.0 Å². The van der Waals surface area contributed by atoms with E-state index in [0.717, 1.165) is 5.69 Å². The second kappa shape index (κ2) is 9.46. The van der Waals surface area contributed by atoms with E-state index in [4.69, 9.17) is 4.74 Å². The molecule has 0 unspecified atom stereocenters. The van der Waals surface area contributed by atoms with Crippen LogP contribution in [0.3, 0.4) is 0 Å². The third-order valence-electron chi connectivity index (χ3n) is 3.45. The van der Waals surface area contributed by atoms with Gasteiger partial charge in [-0.3, -0.25) is 9.59 Å². The molecule has 2 aromatic rings. The molecule has 138 valence electrons. The molecule has 26 heavy (non-hydrogen) atoms. The Morgan fingerprint density at radius 1 is 1.04 bits per heavy atom. The molecule has 6 nitrogen and oxygen atoms in total. The number of anilines is 2. The van der Waals surface area contributed by atoms with Crippen LogP contribution in [-0.2, 0) is 4.79 Å². The van der Waals surface area contributed by atoms with Crippen LogP contribution < -0.4 is 20.7 Å². The molecule has 2 rings (SSSR count). The van der Waals surface area contributed by atoms with Crippen LogP contribution in [-0.4, -0.2) is 31.0 Å². The first kappa shape index (κ1) is 19.3. The molecule has 0 aliphatic rings. The molecule has 0 radical (unpaired) electrons. The van der Waals surface area contributed by atoms with E-state index in [-0.39, 0.29) is 24.4 Å². The summed E-state index contributed by atoms with van der Waals surface area (Å²) >= 11 is 0. The molecule has 2 amide bonds. The molecule has 3 N–H and O–H groups in total. The van der Waals surface area contributed by atoms with Gasteiger partial charge in [-0.25, -0.2) is 0 Å². The number of hydrogen-bond acceptors (Lipinski definition) is 4. The summed E-state index contributed by atoms with van der Waals surface area (Å²) in [5.74, 6) is 0.437. The van der Waals surface area contributed by atoms with Crippen LogP contribution in [0, 0.1) is 0 Å². The average molecular weight is 355 g/mol. The highest BCUT2D eigenvalue weighted by molar-refractivity contribution is 5.95. The van der Waals surface area contributed by atoms with Crippen LogP contribution in [0.4, 0.5) is 11.4 Å². The highest BCUT2D eigenvalue weighted by Crippen LogP contribution is 2.17. The summed E-state index contributed by atoms with van der Waals surface area (Å²) in [4.78, 5) is 24.0. The van der Waals surface area contributed by atoms with Gasteiger partial charge >= 0.3 is 0 Å². The maximum Gasteiger partial charge on any atom is 0.251 e. The van der Waals surface area contributed by atoms with Gasteiger partial charge in [0.05, 0.1) is 13.2 Å². The third-order valence-corrected chi connectivity index (χ3v) is 3.45. The van der Waals surface area contributed by atoms with Crippen molar-refractivity contribution in [2.24, 2.45) is 0 Å². The van der Waals surface area contributed by atoms with Crippen molar-refractivity contribution in [3.63, 3.8) is 0 Å². The van der Waals surface area contributed by atoms with Crippen molar-refractivity contribution in [2.75, 3.05) is 23.8 Å². The zero-order valence-electron chi connectivity index (χ0n) is 15.3. The molecule has 0 aliphatic heterocycles. The van der Waals surface area contributed by atoms with E-state index < -0.39 is 0 Å². The van der Waals surface area contributed by atoms with Gasteiger partial charge in [0.1, 0.15) is 5.75 Å². The lowest BCUT2D eigenvalue weighted by Gasteiger charge is -2.11. The lowest BCUT2D eigenvalue weighted by atomic mass is 10.2. The Labute approximate surface area is 153 Å². The van der Waals surface area contributed by atoms with Gasteiger partial charge in [0.25, 0.3) is 5.91 Å². The highest BCUT2D eigenvalue weighted by Gasteiger charge is 2.07. The molecule has 0 aliphatic carbocycles. The summed E-state index contributed by atoms with van der Waals surface area (Å²) in [7, 11) is 0. The lowest BCUT2D eigenvalue weighted by molar-refractivity contribution is -0.114. The Balaban J connectivity index is 1.85. The van der Waals surface area contributed by atoms with Gasteiger partial charge in [0.2, 0.25) is 5.91 Å². The summed E-state index contributed by atoms with van der Waals surface area (Å²) in [5, 5.41) is 8.69. The van der Waals surface area contributed by atoms with Crippen LogP contribution in [0.5, 0.6) is 5.75 Å². The van der Waals surface area contributed by atoms with Crippen LogP contribution in [0.25, 0.3) is 0 Å². The van der Waals surface area contributed by atoms with Crippen LogP contribution in [0.2, 0.25) is 0 Å². The molecule has 0 heterocycles. The first-order chi connectivity index (χ1) is 12.5. The average Bonchev–Trinajstić information content (AvgIpc) is 2.60. The molecule has 0 fully saturated rings. The molecule has 0 aromatic heterocycles. The number of hydrogen-bond donors (Lipinski definition) is 3. The lowest BCUT2D eigenvalue weighted by Crippen LogP contribution is -2.30. The minimum Gasteiger partial charge on any atom is -0.494 e. The van der Waals surface area contributed by atoms with Crippen molar-refractivity contribution < 1.29 is 14.3 Å². The van der Waals surface area contributed by atoms with Gasteiger partial charge in [-0.1, -0.05) is 6.07 Å². The summed E-state index contributed by atoms with van der Waals surface area (Å²) in [5.41, 5.74) is 2.04. The Kier molecular flexibility index (Phi) is 7.02. The molecule has 0 atom stereocenters. The fourth-order valence-electron chi connectivity index (χ4n) is 2.30. The van der Waals surface area contributed by atoms with Crippen molar-refractivity contribution in [1.82, 2.24) is 5.32 Å². The number of amides is 2. The van der Waals surface area contributed by atoms with Crippen LogP contribution in [0.1, 0.15) is 31.1 Å². The largest absolute Gasteiger partial charge is 0.494 e. The molecular weight excluding hydrogens is 330 g/mol. The van der Waals surface area contributed by atoms with E-state index in [1.165, 1.54) is 0 Å². The Morgan fingerprint density at radius 3 is 2.42 bits per heavy atom. The fraction of sp³-hybridized carbons (Fsp3) is 0.300. The standard InChI is InChI=1S/C20H25N3O3/c1-4-26-18-7-5-6-17(12-18)23-19(24)13-21-16-10-8-15(9-11-16)20(25)22-14(2)3/h5-12,14,21H,4,13H2,1-3H3,(H,22,25)(H,23,24). The topological polar surface area (TPSA) is 79.5 Å². The molecule has 0 spiro atoms. The molecule has 0 saturated heterocycles. The van der Waals surface area contributed by atoms with E-state index in [9.17, 15) is 9.59 Å². The molecular formula is C20H25N3O3. The first-order valence-corrected chi connectivity index (χ1v) is 8.65. The molecule has 0 saturated carbocycles. The number of rotatable bonds is 8. The predicted molar refractivity (Wildman–Crippen MR) is 104 cm³/mol. The number of carbonyl (C=O) groups excluding carboxylic acids is 2. The van der Waals surface area contributed by atoms with Crippen molar-refractivity contribution in [3.05, 3.63) is 54.1 Å². The van der Waals surface area contributed by atoms with E-state index in [1.54, 1.807) is 30.3 Å². The zero-order valence-corrected chi connectivity index (χ0v) is 15.3.